The number of aromatic amines is 1. The zero-order valence-electron chi connectivity index (χ0n) is 12.7. The number of pyridine rings is 1. The van der Waals surface area contributed by atoms with Gasteiger partial charge in [0.25, 0.3) is 5.56 Å². The highest BCUT2D eigenvalue weighted by Gasteiger charge is 2.26. The molecule has 1 fully saturated rings. The minimum absolute atomic E-state index is 0.177. The summed E-state index contributed by atoms with van der Waals surface area (Å²) in [6.45, 7) is 1.61. The molecule has 122 valence electrons. The molecule has 0 saturated carbocycles. The van der Waals surface area contributed by atoms with Crippen LogP contribution in [-0.4, -0.2) is 53.9 Å². The van der Waals surface area contributed by atoms with Crippen molar-refractivity contribution in [2.45, 2.75) is 12.6 Å². The van der Waals surface area contributed by atoms with E-state index in [0.29, 0.717) is 36.5 Å². The van der Waals surface area contributed by atoms with Gasteiger partial charge in [0, 0.05) is 31.3 Å². The van der Waals surface area contributed by atoms with Gasteiger partial charge in [-0.25, -0.2) is 4.79 Å². The molecule has 0 aliphatic carbocycles. The van der Waals surface area contributed by atoms with E-state index in [2.05, 4.69) is 4.98 Å². The molecular formula is C16H18N2O5. The van der Waals surface area contributed by atoms with Crippen LogP contribution in [0.4, 0.5) is 0 Å². The molecule has 23 heavy (non-hydrogen) atoms. The van der Waals surface area contributed by atoms with E-state index in [0.717, 1.165) is 5.39 Å². The van der Waals surface area contributed by atoms with Gasteiger partial charge in [-0.2, -0.15) is 0 Å². The maximum atomic E-state index is 12.3. The van der Waals surface area contributed by atoms with Crippen LogP contribution in [0.1, 0.15) is 5.56 Å². The second-order valence-corrected chi connectivity index (χ2v) is 5.51. The first-order valence-electron chi connectivity index (χ1n) is 7.33. The first-order chi connectivity index (χ1) is 11.1. The molecule has 1 aliphatic heterocycles. The quantitative estimate of drug-likeness (QED) is 0.867. The fraction of sp³-hybridized carbons (Fsp3) is 0.375. The average Bonchev–Trinajstić information content (AvgIpc) is 2.55. The molecule has 1 aromatic carbocycles. The Hall–Kier alpha value is -2.38. The highest BCUT2D eigenvalue weighted by Crippen LogP contribution is 2.19. The van der Waals surface area contributed by atoms with E-state index in [1.54, 1.807) is 13.2 Å². The molecule has 2 N–H and O–H groups in total. The number of aliphatic carboxylic acids is 1. The number of H-pyrrole nitrogens is 1. The number of nitrogens with one attached hydrogen (secondary N) is 1. The first-order valence-corrected chi connectivity index (χ1v) is 7.33. The number of rotatable bonds is 4. The molecule has 1 atom stereocenters. The van der Waals surface area contributed by atoms with Crippen LogP contribution in [0.2, 0.25) is 0 Å². The SMILES string of the molecule is COc1ccc2cc(CN3CCO[C@@H](C(=O)O)C3)c(=O)[nH]c2c1. The Bertz CT molecular complexity index is 786. The maximum absolute atomic E-state index is 12.3. The van der Waals surface area contributed by atoms with Crippen molar-refractivity contribution in [3.8, 4) is 5.75 Å². The van der Waals surface area contributed by atoms with Gasteiger partial charge >= 0.3 is 5.97 Å². The highest BCUT2D eigenvalue weighted by atomic mass is 16.5. The number of methoxy groups -OCH3 is 1. The molecule has 2 aromatic rings. The molecule has 1 saturated heterocycles. The van der Waals surface area contributed by atoms with Crippen LogP contribution in [-0.2, 0) is 16.1 Å². The van der Waals surface area contributed by atoms with Crippen LogP contribution < -0.4 is 10.3 Å². The summed E-state index contributed by atoms with van der Waals surface area (Å²) in [5.41, 5.74) is 1.14. The van der Waals surface area contributed by atoms with Gasteiger partial charge < -0.3 is 19.6 Å². The van der Waals surface area contributed by atoms with Gasteiger partial charge in [0.1, 0.15) is 5.75 Å². The molecule has 0 bridgehead atoms. The summed E-state index contributed by atoms with van der Waals surface area (Å²) >= 11 is 0. The second kappa shape index (κ2) is 6.39. The van der Waals surface area contributed by atoms with Gasteiger partial charge in [0.2, 0.25) is 0 Å². The van der Waals surface area contributed by atoms with E-state index in [4.69, 9.17) is 14.6 Å². The number of fused-ring (bicyclic) bond motifs is 1. The molecule has 7 heteroatoms. The fourth-order valence-corrected chi connectivity index (χ4v) is 2.71. The van der Waals surface area contributed by atoms with Gasteiger partial charge in [-0.05, 0) is 23.6 Å². The largest absolute Gasteiger partial charge is 0.497 e. The minimum Gasteiger partial charge on any atom is -0.497 e. The molecule has 0 spiro atoms. The summed E-state index contributed by atoms with van der Waals surface area (Å²) in [5.74, 6) is -0.299. The Balaban J connectivity index is 1.84. The number of carboxylic acids is 1. The number of hydrogen-bond acceptors (Lipinski definition) is 5. The molecule has 1 aliphatic rings. The maximum Gasteiger partial charge on any atom is 0.334 e. The summed E-state index contributed by atoms with van der Waals surface area (Å²) < 4.78 is 10.3. The van der Waals surface area contributed by atoms with Crippen molar-refractivity contribution in [3.63, 3.8) is 0 Å². The standard InChI is InChI=1S/C16H18N2O5/c1-22-12-3-2-10-6-11(15(19)17-13(10)7-12)8-18-4-5-23-14(9-18)16(20)21/h2-3,6-7,14H,4-5,8-9H2,1H3,(H,17,19)(H,20,21)/t14-/m1/s1. The predicted octanol–water partition coefficient (Wildman–Crippen LogP) is 0.822. The smallest absolute Gasteiger partial charge is 0.334 e. The lowest BCUT2D eigenvalue weighted by molar-refractivity contribution is -0.156. The molecule has 0 unspecified atom stereocenters. The number of carboxylic acid groups (broad SMARTS) is 1. The molecule has 7 nitrogen and oxygen atoms in total. The Morgan fingerprint density at radius 2 is 2.30 bits per heavy atom. The Morgan fingerprint density at radius 3 is 3.04 bits per heavy atom. The molecule has 2 heterocycles. The van der Waals surface area contributed by atoms with Crippen LogP contribution >= 0.6 is 0 Å². The number of benzene rings is 1. The average molecular weight is 318 g/mol. The number of morpholine rings is 1. The molecular weight excluding hydrogens is 300 g/mol. The van der Waals surface area contributed by atoms with Crippen molar-refractivity contribution in [2.24, 2.45) is 0 Å². The summed E-state index contributed by atoms with van der Waals surface area (Å²) in [7, 11) is 1.57. The normalized spacial score (nSPS) is 18.9. The van der Waals surface area contributed by atoms with Crippen molar-refractivity contribution in [3.05, 3.63) is 40.2 Å². The predicted molar refractivity (Wildman–Crippen MR) is 83.8 cm³/mol. The first kappa shape index (κ1) is 15.5. The number of hydrogen-bond donors (Lipinski definition) is 2. The van der Waals surface area contributed by atoms with E-state index < -0.39 is 12.1 Å². The third-order valence-corrected chi connectivity index (χ3v) is 3.95. The van der Waals surface area contributed by atoms with E-state index in [1.165, 1.54) is 0 Å². The minimum atomic E-state index is -0.978. The van der Waals surface area contributed by atoms with Gasteiger partial charge in [0.15, 0.2) is 6.10 Å². The summed E-state index contributed by atoms with van der Waals surface area (Å²) in [6.07, 6.45) is -0.840. The van der Waals surface area contributed by atoms with Crippen molar-refractivity contribution in [1.82, 2.24) is 9.88 Å². The van der Waals surface area contributed by atoms with Crippen molar-refractivity contribution < 1.29 is 19.4 Å². The van der Waals surface area contributed by atoms with Gasteiger partial charge in [-0.3, -0.25) is 9.69 Å². The third-order valence-electron chi connectivity index (χ3n) is 3.95. The molecule has 1 aromatic heterocycles. The van der Waals surface area contributed by atoms with Gasteiger partial charge in [-0.1, -0.05) is 0 Å². The summed E-state index contributed by atoms with van der Waals surface area (Å²) in [4.78, 5) is 28.0. The van der Waals surface area contributed by atoms with Crippen LogP contribution in [0.3, 0.4) is 0 Å². The Kier molecular flexibility index (Phi) is 4.31. The van der Waals surface area contributed by atoms with Crippen molar-refractivity contribution in [2.75, 3.05) is 26.8 Å². The van der Waals surface area contributed by atoms with Gasteiger partial charge in [-0.15, -0.1) is 0 Å². The monoisotopic (exact) mass is 318 g/mol. The lowest BCUT2D eigenvalue weighted by Gasteiger charge is -2.30. The topological polar surface area (TPSA) is 91.9 Å². The van der Waals surface area contributed by atoms with E-state index >= 15 is 0 Å². The van der Waals surface area contributed by atoms with Crippen LogP contribution in [0.25, 0.3) is 10.9 Å². The second-order valence-electron chi connectivity index (χ2n) is 5.51. The van der Waals surface area contributed by atoms with Gasteiger partial charge in [0.05, 0.1) is 19.2 Å². The van der Waals surface area contributed by atoms with E-state index in [1.807, 2.05) is 23.1 Å². The number of aromatic nitrogens is 1. The van der Waals surface area contributed by atoms with Crippen LogP contribution in [0.5, 0.6) is 5.75 Å². The lowest BCUT2D eigenvalue weighted by Crippen LogP contribution is -2.46. The van der Waals surface area contributed by atoms with Crippen LogP contribution in [0, 0.1) is 0 Å². The van der Waals surface area contributed by atoms with Crippen molar-refractivity contribution >= 4 is 16.9 Å². The third kappa shape index (κ3) is 3.35. The Morgan fingerprint density at radius 1 is 1.48 bits per heavy atom. The summed E-state index contributed by atoms with van der Waals surface area (Å²) in [6, 6.07) is 7.32. The van der Waals surface area contributed by atoms with Crippen LogP contribution in [0.15, 0.2) is 29.1 Å². The van der Waals surface area contributed by atoms with E-state index in [9.17, 15) is 9.59 Å². The lowest BCUT2D eigenvalue weighted by atomic mass is 10.1. The highest BCUT2D eigenvalue weighted by molar-refractivity contribution is 5.80. The summed E-state index contributed by atoms with van der Waals surface area (Å²) in [5, 5.41) is 9.94. The van der Waals surface area contributed by atoms with Crippen molar-refractivity contribution in [1.29, 1.82) is 0 Å². The molecule has 3 rings (SSSR count). The number of nitrogens with zero attached hydrogens (tertiary/aromatic N) is 1. The number of ether oxygens (including phenoxy) is 2. The van der Waals surface area contributed by atoms with E-state index in [-0.39, 0.29) is 12.1 Å². The zero-order valence-corrected chi connectivity index (χ0v) is 12.7. The fourth-order valence-electron chi connectivity index (χ4n) is 2.71. The molecule has 0 amide bonds. The zero-order chi connectivity index (χ0) is 16.4. The molecule has 0 radical (unpaired) electrons. The number of carbonyl (C=O) groups is 1. The Labute approximate surface area is 132 Å².